The Morgan fingerprint density at radius 1 is 1.05 bits per heavy atom. The molecule has 4 nitrogen and oxygen atoms in total. The second-order valence-corrected chi connectivity index (χ2v) is 5.17. The Morgan fingerprint density at radius 2 is 1.73 bits per heavy atom. The van der Waals surface area contributed by atoms with Crippen LogP contribution in [0, 0.1) is 6.92 Å². The van der Waals surface area contributed by atoms with Crippen molar-refractivity contribution in [2.24, 2.45) is 0 Å². The second kappa shape index (κ2) is 5.48. The van der Waals surface area contributed by atoms with Gasteiger partial charge in [-0.3, -0.25) is 9.59 Å². The molecule has 1 N–H and O–H groups in total. The van der Waals surface area contributed by atoms with Crippen molar-refractivity contribution in [2.75, 3.05) is 0 Å². The highest BCUT2D eigenvalue weighted by Gasteiger charge is 2.22. The van der Waals surface area contributed by atoms with Crippen molar-refractivity contribution in [3.63, 3.8) is 0 Å². The Labute approximate surface area is 127 Å². The standard InChI is InChI=1S/C18H15NO3/c1-12-15(11-16(20)21)19-10-6-5-9-14(19)17(12)18(22)13-7-3-2-4-8-13/h2-10H,11H2,1H3,(H,20,21). The zero-order valence-electron chi connectivity index (χ0n) is 12.1. The number of carbonyl (C=O) groups excluding carboxylic acids is 1. The lowest BCUT2D eigenvalue weighted by atomic mass is 10.00. The van der Waals surface area contributed by atoms with Crippen molar-refractivity contribution in [3.8, 4) is 0 Å². The SMILES string of the molecule is Cc1c(C(=O)c2ccccc2)c2ccccn2c1CC(=O)O. The van der Waals surface area contributed by atoms with Crippen LogP contribution in [0.15, 0.2) is 54.7 Å². The number of carboxylic acids is 1. The number of ketones is 1. The molecule has 0 saturated heterocycles. The van der Waals surface area contributed by atoms with Crippen LogP contribution in [0.25, 0.3) is 5.52 Å². The van der Waals surface area contributed by atoms with Crippen LogP contribution in [0.5, 0.6) is 0 Å². The van der Waals surface area contributed by atoms with Gasteiger partial charge in [0.15, 0.2) is 5.78 Å². The fraction of sp³-hybridized carbons (Fsp3) is 0.111. The zero-order chi connectivity index (χ0) is 15.7. The van der Waals surface area contributed by atoms with E-state index >= 15 is 0 Å². The average Bonchev–Trinajstić information content (AvgIpc) is 2.80. The molecule has 0 aliphatic heterocycles. The Hall–Kier alpha value is -2.88. The number of aliphatic carboxylic acids is 1. The molecule has 0 saturated carbocycles. The van der Waals surface area contributed by atoms with Crippen LogP contribution in [0.1, 0.15) is 27.2 Å². The first-order valence-electron chi connectivity index (χ1n) is 6.99. The number of rotatable bonds is 4. The summed E-state index contributed by atoms with van der Waals surface area (Å²) in [7, 11) is 0. The first kappa shape index (κ1) is 14.1. The third-order valence-corrected chi connectivity index (χ3v) is 3.80. The molecule has 22 heavy (non-hydrogen) atoms. The van der Waals surface area contributed by atoms with Gasteiger partial charge in [0.2, 0.25) is 0 Å². The van der Waals surface area contributed by atoms with E-state index in [0.717, 1.165) is 11.1 Å². The van der Waals surface area contributed by atoms with E-state index < -0.39 is 5.97 Å². The summed E-state index contributed by atoms with van der Waals surface area (Å²) in [5.74, 6) is -0.997. The number of pyridine rings is 1. The smallest absolute Gasteiger partial charge is 0.309 e. The molecule has 1 aromatic carbocycles. The molecule has 110 valence electrons. The van der Waals surface area contributed by atoms with Gasteiger partial charge in [-0.2, -0.15) is 0 Å². The summed E-state index contributed by atoms with van der Waals surface area (Å²) >= 11 is 0. The van der Waals surface area contributed by atoms with E-state index in [1.807, 2.05) is 36.4 Å². The topological polar surface area (TPSA) is 58.8 Å². The third-order valence-electron chi connectivity index (χ3n) is 3.80. The minimum Gasteiger partial charge on any atom is -0.481 e. The average molecular weight is 293 g/mol. The molecule has 0 aliphatic carbocycles. The lowest BCUT2D eigenvalue weighted by molar-refractivity contribution is -0.136. The van der Waals surface area contributed by atoms with E-state index in [1.165, 1.54) is 0 Å². The van der Waals surface area contributed by atoms with Crippen molar-refractivity contribution in [1.82, 2.24) is 4.40 Å². The summed E-state index contributed by atoms with van der Waals surface area (Å²) in [4.78, 5) is 23.9. The second-order valence-electron chi connectivity index (χ2n) is 5.17. The molecule has 0 bridgehead atoms. The summed E-state index contributed by atoms with van der Waals surface area (Å²) in [5.41, 5.74) is 3.28. The van der Waals surface area contributed by atoms with Gasteiger partial charge >= 0.3 is 5.97 Å². The van der Waals surface area contributed by atoms with Crippen molar-refractivity contribution in [2.45, 2.75) is 13.3 Å². The van der Waals surface area contributed by atoms with Gasteiger partial charge in [0.25, 0.3) is 0 Å². The highest BCUT2D eigenvalue weighted by atomic mass is 16.4. The Bertz CT molecular complexity index is 863. The van der Waals surface area contributed by atoms with Crippen molar-refractivity contribution in [3.05, 3.63) is 77.1 Å². The maximum Gasteiger partial charge on any atom is 0.309 e. The highest BCUT2D eigenvalue weighted by Crippen LogP contribution is 2.26. The molecular weight excluding hydrogens is 278 g/mol. The van der Waals surface area contributed by atoms with Crippen LogP contribution in [0.2, 0.25) is 0 Å². The first-order chi connectivity index (χ1) is 10.6. The maximum absolute atomic E-state index is 12.8. The number of fused-ring (bicyclic) bond motifs is 1. The van der Waals surface area contributed by atoms with Gasteiger partial charge in [0.05, 0.1) is 17.5 Å². The molecule has 3 aromatic rings. The predicted molar refractivity (Wildman–Crippen MR) is 83.3 cm³/mol. The van der Waals surface area contributed by atoms with Gasteiger partial charge < -0.3 is 9.51 Å². The maximum atomic E-state index is 12.8. The van der Waals surface area contributed by atoms with E-state index in [4.69, 9.17) is 5.11 Å². The van der Waals surface area contributed by atoms with E-state index in [2.05, 4.69) is 0 Å². The Balaban J connectivity index is 2.24. The van der Waals surface area contributed by atoms with Crippen LogP contribution in [-0.2, 0) is 11.2 Å². The molecule has 0 radical (unpaired) electrons. The van der Waals surface area contributed by atoms with Crippen LogP contribution >= 0.6 is 0 Å². The first-order valence-corrected chi connectivity index (χ1v) is 6.99. The van der Waals surface area contributed by atoms with Gasteiger partial charge in [0.1, 0.15) is 0 Å². The van der Waals surface area contributed by atoms with Gasteiger partial charge in [-0.25, -0.2) is 0 Å². The molecule has 2 heterocycles. The molecule has 0 aliphatic rings. The number of benzene rings is 1. The lowest BCUT2D eigenvalue weighted by Crippen LogP contribution is -2.05. The van der Waals surface area contributed by atoms with Crippen LogP contribution in [0.3, 0.4) is 0 Å². The van der Waals surface area contributed by atoms with E-state index in [9.17, 15) is 9.59 Å². The largest absolute Gasteiger partial charge is 0.481 e. The van der Waals surface area contributed by atoms with Gasteiger partial charge in [-0.1, -0.05) is 36.4 Å². The fourth-order valence-corrected chi connectivity index (χ4v) is 2.78. The monoisotopic (exact) mass is 293 g/mol. The molecule has 3 rings (SSSR count). The van der Waals surface area contributed by atoms with Crippen LogP contribution < -0.4 is 0 Å². The number of carboxylic acid groups (broad SMARTS) is 1. The zero-order valence-corrected chi connectivity index (χ0v) is 12.1. The number of nitrogens with zero attached hydrogens (tertiary/aromatic N) is 1. The van der Waals surface area contributed by atoms with Gasteiger partial charge in [0, 0.05) is 17.5 Å². The van der Waals surface area contributed by atoms with Crippen molar-refractivity contribution in [1.29, 1.82) is 0 Å². The van der Waals surface area contributed by atoms with Crippen LogP contribution in [0.4, 0.5) is 0 Å². The predicted octanol–water partition coefficient (Wildman–Crippen LogP) is 3.11. The minimum absolute atomic E-state index is 0.0848. The molecule has 0 fully saturated rings. The molecule has 0 unspecified atom stereocenters. The van der Waals surface area contributed by atoms with Gasteiger partial charge in [-0.05, 0) is 24.6 Å². The summed E-state index contributed by atoms with van der Waals surface area (Å²) in [6.07, 6.45) is 1.68. The quantitative estimate of drug-likeness (QED) is 0.752. The minimum atomic E-state index is -0.912. The fourth-order valence-electron chi connectivity index (χ4n) is 2.78. The molecule has 4 heteroatoms. The summed E-state index contributed by atoms with van der Waals surface area (Å²) in [5, 5.41) is 9.12. The molecular formula is C18H15NO3. The molecule has 2 aromatic heterocycles. The van der Waals surface area contributed by atoms with E-state index in [0.29, 0.717) is 16.8 Å². The number of hydrogen-bond acceptors (Lipinski definition) is 2. The lowest BCUT2D eigenvalue weighted by Gasteiger charge is -2.01. The van der Waals surface area contributed by atoms with Crippen LogP contribution in [-0.4, -0.2) is 21.3 Å². The number of carbonyl (C=O) groups is 2. The Kier molecular flexibility index (Phi) is 3.51. The van der Waals surface area contributed by atoms with Gasteiger partial charge in [-0.15, -0.1) is 0 Å². The third kappa shape index (κ3) is 2.29. The number of aromatic nitrogens is 1. The molecule has 0 atom stereocenters. The van der Waals surface area contributed by atoms with E-state index in [-0.39, 0.29) is 12.2 Å². The highest BCUT2D eigenvalue weighted by molar-refractivity contribution is 6.14. The summed E-state index contributed by atoms with van der Waals surface area (Å²) < 4.78 is 1.79. The molecule has 0 amide bonds. The van der Waals surface area contributed by atoms with Crippen molar-refractivity contribution >= 4 is 17.3 Å². The molecule has 0 spiro atoms. The Morgan fingerprint density at radius 3 is 2.41 bits per heavy atom. The normalized spacial score (nSPS) is 10.8. The van der Waals surface area contributed by atoms with Crippen molar-refractivity contribution < 1.29 is 14.7 Å². The number of hydrogen-bond donors (Lipinski definition) is 1. The summed E-state index contributed by atoms with van der Waals surface area (Å²) in [6.45, 7) is 1.81. The summed E-state index contributed by atoms with van der Waals surface area (Å²) in [6, 6.07) is 14.6. The van der Waals surface area contributed by atoms with E-state index in [1.54, 1.807) is 29.7 Å².